The number of rotatable bonds is 12. The highest BCUT2D eigenvalue weighted by Crippen LogP contribution is 2.27. The number of nitrogens with zero attached hydrogens (tertiary/aromatic N) is 3. The molecule has 10 nitrogen and oxygen atoms in total. The van der Waals surface area contributed by atoms with E-state index >= 15 is 0 Å². The van der Waals surface area contributed by atoms with Gasteiger partial charge >= 0.3 is 0 Å². The third kappa shape index (κ3) is 8.79. The van der Waals surface area contributed by atoms with E-state index in [0.717, 1.165) is 21.0 Å². The SMILES string of the molecule is Cc1ccc(CN(C(=O)CN(c2ccc([N+](=O)[O-])cc2)S(=O)(=O)c2ccccc2)[C@H](Cc2ccccc2)C(=O)NC(C)(C)C)cc1. The first kappa shape index (κ1) is 33.9. The summed E-state index contributed by atoms with van der Waals surface area (Å²) in [5.74, 6) is -1.01. The minimum Gasteiger partial charge on any atom is -0.350 e. The highest BCUT2D eigenvalue weighted by atomic mass is 32.2. The molecule has 0 bridgehead atoms. The van der Waals surface area contributed by atoms with Gasteiger partial charge in [-0.2, -0.15) is 0 Å². The Labute approximate surface area is 269 Å². The Hall–Kier alpha value is -5.03. The lowest BCUT2D eigenvalue weighted by Crippen LogP contribution is -2.56. The Balaban J connectivity index is 1.82. The van der Waals surface area contributed by atoms with Gasteiger partial charge in [0.1, 0.15) is 12.6 Å². The minimum atomic E-state index is -4.31. The lowest BCUT2D eigenvalue weighted by Gasteiger charge is -2.35. The van der Waals surface area contributed by atoms with E-state index in [4.69, 9.17) is 0 Å². The average molecular weight is 643 g/mol. The van der Waals surface area contributed by atoms with Crippen molar-refractivity contribution in [2.45, 2.75) is 57.1 Å². The topological polar surface area (TPSA) is 130 Å². The third-order valence-electron chi connectivity index (χ3n) is 7.20. The number of nitro benzene ring substituents is 1. The van der Waals surface area contributed by atoms with Crippen molar-refractivity contribution in [3.05, 3.63) is 136 Å². The molecule has 1 atom stereocenters. The second kappa shape index (κ2) is 14.4. The van der Waals surface area contributed by atoms with Gasteiger partial charge in [-0.3, -0.25) is 24.0 Å². The molecule has 0 saturated carbocycles. The van der Waals surface area contributed by atoms with Crippen molar-refractivity contribution >= 4 is 33.2 Å². The Kier molecular flexibility index (Phi) is 10.6. The van der Waals surface area contributed by atoms with Gasteiger partial charge in [0.15, 0.2) is 0 Å². The second-order valence-corrected chi connectivity index (χ2v) is 13.9. The summed E-state index contributed by atoms with van der Waals surface area (Å²) in [5, 5.41) is 14.3. The standard InChI is InChI=1S/C35H38N4O6S/c1-26-15-17-28(18-16-26)24-37(32(34(41)36-35(2,3)4)23-27-11-7-5-8-12-27)33(40)25-38(29-19-21-30(22-20-29)39(42)43)46(44,45)31-13-9-6-10-14-31/h5-22,32H,23-25H2,1-4H3,(H,36,41)/t32-/m1/s1. The van der Waals surface area contributed by atoms with E-state index in [2.05, 4.69) is 5.32 Å². The normalized spacial score (nSPS) is 12.2. The lowest BCUT2D eigenvalue weighted by atomic mass is 10.0. The summed E-state index contributed by atoms with van der Waals surface area (Å²) in [6.07, 6.45) is 0.184. The van der Waals surface area contributed by atoms with Gasteiger partial charge in [-0.15, -0.1) is 0 Å². The number of aryl methyl sites for hydroxylation is 1. The first-order valence-corrected chi connectivity index (χ1v) is 16.2. The van der Waals surface area contributed by atoms with Crippen molar-refractivity contribution < 1.29 is 22.9 Å². The van der Waals surface area contributed by atoms with Crippen molar-refractivity contribution in [1.29, 1.82) is 0 Å². The maximum Gasteiger partial charge on any atom is 0.269 e. The van der Waals surface area contributed by atoms with E-state index in [0.29, 0.717) is 0 Å². The number of nitrogens with one attached hydrogen (secondary N) is 1. The molecule has 0 saturated heterocycles. The molecule has 46 heavy (non-hydrogen) atoms. The molecule has 2 amide bonds. The van der Waals surface area contributed by atoms with Crippen LogP contribution >= 0.6 is 0 Å². The molecule has 0 aliphatic heterocycles. The summed E-state index contributed by atoms with van der Waals surface area (Å²) < 4.78 is 29.0. The molecule has 0 aromatic heterocycles. The maximum atomic E-state index is 14.5. The van der Waals surface area contributed by atoms with E-state index in [1.54, 1.807) is 18.2 Å². The van der Waals surface area contributed by atoms with Crippen LogP contribution in [-0.4, -0.2) is 48.2 Å². The molecule has 4 aromatic carbocycles. The fourth-order valence-electron chi connectivity index (χ4n) is 4.89. The summed E-state index contributed by atoms with van der Waals surface area (Å²) >= 11 is 0. The zero-order valence-corrected chi connectivity index (χ0v) is 27.1. The number of anilines is 1. The number of non-ortho nitro benzene ring substituents is 1. The zero-order valence-electron chi connectivity index (χ0n) is 26.3. The van der Waals surface area contributed by atoms with E-state index in [9.17, 15) is 28.1 Å². The molecule has 11 heteroatoms. The molecular formula is C35H38N4O6S. The highest BCUT2D eigenvalue weighted by Gasteiger charge is 2.35. The lowest BCUT2D eigenvalue weighted by molar-refractivity contribution is -0.384. The Morgan fingerprint density at radius 1 is 0.826 bits per heavy atom. The number of hydrogen-bond donors (Lipinski definition) is 1. The molecule has 0 aliphatic rings. The van der Waals surface area contributed by atoms with Crippen LogP contribution in [0.2, 0.25) is 0 Å². The first-order chi connectivity index (χ1) is 21.7. The van der Waals surface area contributed by atoms with Gasteiger partial charge in [-0.05, 0) is 63.1 Å². The van der Waals surface area contributed by atoms with Crippen molar-refractivity contribution in [2.24, 2.45) is 0 Å². The maximum absolute atomic E-state index is 14.5. The number of nitro groups is 1. The van der Waals surface area contributed by atoms with Gasteiger partial charge < -0.3 is 10.2 Å². The van der Waals surface area contributed by atoms with Gasteiger partial charge in [-0.1, -0.05) is 78.4 Å². The Morgan fingerprint density at radius 2 is 1.39 bits per heavy atom. The van der Waals surface area contributed by atoms with Crippen molar-refractivity contribution in [1.82, 2.24) is 10.2 Å². The smallest absolute Gasteiger partial charge is 0.269 e. The summed E-state index contributed by atoms with van der Waals surface area (Å²) in [5.41, 5.74) is 1.83. The van der Waals surface area contributed by atoms with Crippen LogP contribution in [0.25, 0.3) is 0 Å². The number of amides is 2. The molecule has 0 fully saturated rings. The van der Waals surface area contributed by atoms with Crippen LogP contribution in [0.1, 0.15) is 37.5 Å². The summed E-state index contributed by atoms with van der Waals surface area (Å²) in [6.45, 7) is 6.86. The van der Waals surface area contributed by atoms with Crippen LogP contribution in [0, 0.1) is 17.0 Å². The predicted octanol–water partition coefficient (Wildman–Crippen LogP) is 5.65. The molecule has 4 rings (SSSR count). The quantitative estimate of drug-likeness (QED) is 0.157. The van der Waals surface area contributed by atoms with Gasteiger partial charge in [0.05, 0.1) is 15.5 Å². The fraction of sp³-hybridized carbons (Fsp3) is 0.257. The molecule has 0 spiro atoms. The molecular weight excluding hydrogens is 604 g/mol. The highest BCUT2D eigenvalue weighted by molar-refractivity contribution is 7.92. The Bertz CT molecular complexity index is 1760. The molecule has 0 radical (unpaired) electrons. The largest absolute Gasteiger partial charge is 0.350 e. The molecule has 1 N–H and O–H groups in total. The first-order valence-electron chi connectivity index (χ1n) is 14.8. The predicted molar refractivity (Wildman–Crippen MR) is 178 cm³/mol. The van der Waals surface area contributed by atoms with E-state index in [1.165, 1.54) is 41.3 Å². The van der Waals surface area contributed by atoms with Crippen LogP contribution in [0.5, 0.6) is 0 Å². The van der Waals surface area contributed by atoms with E-state index in [-0.39, 0.29) is 35.1 Å². The van der Waals surface area contributed by atoms with Crippen LogP contribution in [-0.2, 0) is 32.6 Å². The molecule has 0 heterocycles. The van der Waals surface area contributed by atoms with Crippen molar-refractivity contribution in [3.63, 3.8) is 0 Å². The summed E-state index contributed by atoms with van der Waals surface area (Å²) in [6, 6.07) is 28.5. The van der Waals surface area contributed by atoms with Crippen LogP contribution < -0.4 is 9.62 Å². The molecule has 0 unspecified atom stereocenters. The average Bonchev–Trinajstić information content (AvgIpc) is 3.02. The van der Waals surface area contributed by atoms with Crippen molar-refractivity contribution in [2.75, 3.05) is 10.8 Å². The fourth-order valence-corrected chi connectivity index (χ4v) is 6.32. The van der Waals surface area contributed by atoms with Crippen LogP contribution in [0.3, 0.4) is 0 Å². The van der Waals surface area contributed by atoms with Gasteiger partial charge in [0.25, 0.3) is 15.7 Å². The number of carbonyl (C=O) groups is 2. The third-order valence-corrected chi connectivity index (χ3v) is 8.99. The summed E-state index contributed by atoms with van der Waals surface area (Å²) in [7, 11) is -4.31. The summed E-state index contributed by atoms with van der Waals surface area (Å²) in [4.78, 5) is 40.5. The van der Waals surface area contributed by atoms with Gasteiger partial charge in [0.2, 0.25) is 11.8 Å². The van der Waals surface area contributed by atoms with E-state index < -0.39 is 39.0 Å². The zero-order chi connectivity index (χ0) is 33.5. The van der Waals surface area contributed by atoms with Crippen LogP contribution in [0.4, 0.5) is 11.4 Å². The number of hydrogen-bond acceptors (Lipinski definition) is 6. The number of carbonyl (C=O) groups excluding carboxylic acids is 2. The van der Waals surface area contributed by atoms with Crippen molar-refractivity contribution in [3.8, 4) is 0 Å². The Morgan fingerprint density at radius 3 is 1.93 bits per heavy atom. The number of benzene rings is 4. The molecule has 240 valence electrons. The molecule has 4 aromatic rings. The van der Waals surface area contributed by atoms with Gasteiger partial charge in [-0.25, -0.2) is 8.42 Å². The van der Waals surface area contributed by atoms with Gasteiger partial charge in [0, 0.05) is 30.6 Å². The molecule has 0 aliphatic carbocycles. The van der Waals surface area contributed by atoms with Crippen LogP contribution in [0.15, 0.2) is 114 Å². The number of sulfonamides is 1. The van der Waals surface area contributed by atoms with E-state index in [1.807, 2.05) is 82.3 Å². The second-order valence-electron chi connectivity index (χ2n) is 12.1. The monoisotopic (exact) mass is 642 g/mol. The minimum absolute atomic E-state index is 0.0354.